The van der Waals surface area contributed by atoms with Gasteiger partial charge in [-0.3, -0.25) is 9.10 Å². The van der Waals surface area contributed by atoms with E-state index >= 15 is 0 Å². The summed E-state index contributed by atoms with van der Waals surface area (Å²) in [6.07, 6.45) is 6.52. The summed E-state index contributed by atoms with van der Waals surface area (Å²) in [5, 5.41) is 2.80. The van der Waals surface area contributed by atoms with Gasteiger partial charge in [-0.15, -0.1) is 0 Å². The van der Waals surface area contributed by atoms with Gasteiger partial charge in [0.25, 0.3) is 0 Å². The van der Waals surface area contributed by atoms with Crippen molar-refractivity contribution >= 4 is 27.3 Å². The zero-order valence-corrected chi connectivity index (χ0v) is 17.6. The van der Waals surface area contributed by atoms with Crippen molar-refractivity contribution in [3.8, 4) is 0 Å². The second-order valence-corrected chi connectivity index (χ2v) is 9.42. The summed E-state index contributed by atoms with van der Waals surface area (Å²) in [4.78, 5) is 14.5. The molecule has 0 aliphatic carbocycles. The summed E-state index contributed by atoms with van der Waals surface area (Å²) >= 11 is 0. The van der Waals surface area contributed by atoms with Gasteiger partial charge in [-0.1, -0.05) is 26.7 Å². The lowest BCUT2D eigenvalue weighted by Crippen LogP contribution is -2.40. The fourth-order valence-corrected chi connectivity index (χ4v) is 4.14. The molecule has 27 heavy (non-hydrogen) atoms. The van der Waals surface area contributed by atoms with Gasteiger partial charge < -0.3 is 10.2 Å². The van der Waals surface area contributed by atoms with Crippen molar-refractivity contribution in [3.63, 3.8) is 0 Å². The number of benzene rings is 1. The van der Waals surface area contributed by atoms with Crippen molar-refractivity contribution in [2.75, 3.05) is 41.6 Å². The van der Waals surface area contributed by atoms with Crippen LogP contribution in [-0.2, 0) is 14.8 Å². The lowest BCUT2D eigenvalue weighted by atomic mass is 9.99. The number of amides is 1. The van der Waals surface area contributed by atoms with Gasteiger partial charge in [-0.25, -0.2) is 8.42 Å². The van der Waals surface area contributed by atoms with E-state index in [1.807, 2.05) is 12.1 Å². The Morgan fingerprint density at radius 2 is 1.81 bits per heavy atom. The first-order chi connectivity index (χ1) is 12.8. The Balaban J connectivity index is 2.02. The molecule has 1 aromatic rings. The summed E-state index contributed by atoms with van der Waals surface area (Å²) in [6.45, 7) is 6.81. The highest BCUT2D eigenvalue weighted by atomic mass is 32.2. The van der Waals surface area contributed by atoms with E-state index in [0.717, 1.165) is 50.2 Å². The van der Waals surface area contributed by atoms with Crippen LogP contribution in [0.15, 0.2) is 24.3 Å². The van der Waals surface area contributed by atoms with Crippen molar-refractivity contribution in [2.45, 2.75) is 46.0 Å². The molecule has 1 N–H and O–H groups in total. The summed E-state index contributed by atoms with van der Waals surface area (Å²) < 4.78 is 25.6. The van der Waals surface area contributed by atoms with Gasteiger partial charge >= 0.3 is 0 Å². The van der Waals surface area contributed by atoms with E-state index in [1.165, 1.54) is 17.1 Å². The lowest BCUT2D eigenvalue weighted by Gasteiger charge is -2.32. The van der Waals surface area contributed by atoms with E-state index in [1.54, 1.807) is 12.1 Å². The molecule has 0 radical (unpaired) electrons. The quantitative estimate of drug-likeness (QED) is 0.653. The average molecular weight is 396 g/mol. The third-order valence-electron chi connectivity index (χ3n) is 5.08. The topological polar surface area (TPSA) is 69.7 Å². The molecule has 1 aliphatic rings. The molecule has 1 aliphatic heterocycles. The number of hydrogen-bond donors (Lipinski definition) is 1. The molecule has 0 unspecified atom stereocenters. The minimum Gasteiger partial charge on any atom is -0.372 e. The molecule has 1 fully saturated rings. The molecule has 1 saturated heterocycles. The highest BCUT2D eigenvalue weighted by Gasteiger charge is 2.21. The van der Waals surface area contributed by atoms with Gasteiger partial charge in [-0.2, -0.15) is 0 Å². The number of nitrogens with one attached hydrogen (secondary N) is 1. The van der Waals surface area contributed by atoms with Crippen LogP contribution in [0.5, 0.6) is 0 Å². The van der Waals surface area contributed by atoms with E-state index in [2.05, 4.69) is 24.1 Å². The Morgan fingerprint density at radius 1 is 1.19 bits per heavy atom. The van der Waals surface area contributed by atoms with E-state index < -0.39 is 10.0 Å². The van der Waals surface area contributed by atoms with Gasteiger partial charge in [0.15, 0.2) is 0 Å². The fourth-order valence-electron chi connectivity index (χ4n) is 3.29. The van der Waals surface area contributed by atoms with Crippen LogP contribution in [0.1, 0.15) is 46.0 Å². The van der Waals surface area contributed by atoms with Gasteiger partial charge in [0.1, 0.15) is 6.54 Å². The summed E-state index contributed by atoms with van der Waals surface area (Å²) in [7, 11) is -3.53. The number of piperidine rings is 1. The van der Waals surface area contributed by atoms with Crippen LogP contribution < -0.4 is 14.5 Å². The van der Waals surface area contributed by atoms with Crippen LogP contribution in [0.3, 0.4) is 0 Å². The van der Waals surface area contributed by atoms with Gasteiger partial charge in [0.05, 0.1) is 11.9 Å². The molecule has 0 saturated carbocycles. The van der Waals surface area contributed by atoms with E-state index in [-0.39, 0.29) is 12.5 Å². The summed E-state index contributed by atoms with van der Waals surface area (Å²) in [5.41, 5.74) is 1.62. The van der Waals surface area contributed by atoms with Crippen LogP contribution in [0.25, 0.3) is 0 Å². The maximum absolute atomic E-state index is 12.2. The van der Waals surface area contributed by atoms with E-state index in [4.69, 9.17) is 0 Å². The molecule has 6 nitrogen and oxygen atoms in total. The Kier molecular flexibility index (Phi) is 7.95. The lowest BCUT2D eigenvalue weighted by molar-refractivity contribution is -0.119. The number of anilines is 2. The van der Waals surface area contributed by atoms with Crippen molar-refractivity contribution in [1.29, 1.82) is 0 Å². The number of carbonyl (C=O) groups is 1. The Labute approximate surface area is 164 Å². The summed E-state index contributed by atoms with van der Waals surface area (Å²) in [5.74, 6) is 0.489. The maximum Gasteiger partial charge on any atom is 0.240 e. The minimum absolute atomic E-state index is 0.189. The van der Waals surface area contributed by atoms with Gasteiger partial charge in [-0.05, 0) is 49.4 Å². The number of rotatable bonds is 9. The van der Waals surface area contributed by atoms with Crippen LogP contribution in [-0.4, -0.2) is 46.8 Å². The first-order valence-corrected chi connectivity index (χ1v) is 11.8. The van der Waals surface area contributed by atoms with Crippen LogP contribution in [0.2, 0.25) is 0 Å². The van der Waals surface area contributed by atoms with Crippen LogP contribution in [0.4, 0.5) is 11.4 Å². The van der Waals surface area contributed by atoms with Crippen molar-refractivity contribution < 1.29 is 13.2 Å². The highest BCUT2D eigenvalue weighted by Crippen LogP contribution is 2.26. The molecular formula is C20H33N3O3S. The molecule has 1 heterocycles. The number of carbonyl (C=O) groups excluding carboxylic acids is 1. The Bertz CT molecular complexity index is 696. The third kappa shape index (κ3) is 6.72. The molecule has 7 heteroatoms. The zero-order chi connectivity index (χ0) is 19.9. The first-order valence-electron chi connectivity index (χ1n) is 9.90. The normalized spacial score (nSPS) is 15.6. The van der Waals surface area contributed by atoms with Gasteiger partial charge in [0, 0.05) is 25.3 Å². The second kappa shape index (κ2) is 9.97. The smallest absolute Gasteiger partial charge is 0.240 e. The predicted molar refractivity (Wildman–Crippen MR) is 112 cm³/mol. The van der Waals surface area contributed by atoms with Crippen LogP contribution in [0, 0.1) is 5.92 Å². The molecular weight excluding hydrogens is 362 g/mol. The number of unbranched alkanes of at least 4 members (excludes halogenated alkanes) is 2. The molecule has 2 rings (SSSR count). The third-order valence-corrected chi connectivity index (χ3v) is 6.22. The molecule has 152 valence electrons. The average Bonchev–Trinajstić information content (AvgIpc) is 2.63. The van der Waals surface area contributed by atoms with E-state index in [0.29, 0.717) is 12.2 Å². The molecule has 1 amide bonds. The second-order valence-electron chi connectivity index (χ2n) is 7.51. The monoisotopic (exact) mass is 395 g/mol. The van der Waals surface area contributed by atoms with Crippen molar-refractivity contribution in [2.24, 2.45) is 5.92 Å². The largest absolute Gasteiger partial charge is 0.372 e. The molecule has 0 spiro atoms. The molecule has 0 aromatic heterocycles. The number of hydrogen-bond acceptors (Lipinski definition) is 4. The molecule has 1 aromatic carbocycles. The van der Waals surface area contributed by atoms with Crippen LogP contribution >= 0.6 is 0 Å². The SMILES string of the molecule is CCCCCNC(=O)CN(c1ccc(N2CCC(C)CC2)cc1)S(C)(=O)=O. The summed E-state index contributed by atoms with van der Waals surface area (Å²) in [6, 6.07) is 7.48. The van der Waals surface area contributed by atoms with Gasteiger partial charge in [0.2, 0.25) is 15.9 Å². The van der Waals surface area contributed by atoms with Crippen molar-refractivity contribution in [3.05, 3.63) is 24.3 Å². The maximum atomic E-state index is 12.2. The molecule has 0 atom stereocenters. The number of nitrogens with zero attached hydrogens (tertiary/aromatic N) is 2. The van der Waals surface area contributed by atoms with Crippen molar-refractivity contribution in [1.82, 2.24) is 5.32 Å². The minimum atomic E-state index is -3.53. The Morgan fingerprint density at radius 3 is 2.37 bits per heavy atom. The Hall–Kier alpha value is -1.76. The zero-order valence-electron chi connectivity index (χ0n) is 16.8. The highest BCUT2D eigenvalue weighted by molar-refractivity contribution is 7.92. The predicted octanol–water partition coefficient (Wildman–Crippen LogP) is 3.00. The number of sulfonamides is 1. The fraction of sp³-hybridized carbons (Fsp3) is 0.650. The standard InChI is InChI=1S/C20H33N3O3S/c1-4-5-6-13-21-20(24)16-23(27(3,25)26)19-9-7-18(8-10-19)22-14-11-17(2)12-15-22/h7-10,17H,4-6,11-16H2,1-3H3,(H,21,24). The van der Waals surface area contributed by atoms with E-state index in [9.17, 15) is 13.2 Å². The first kappa shape index (κ1) is 21.5. The molecule has 0 bridgehead atoms.